The Kier molecular flexibility index (Phi) is 5.24. The number of phenols is 1. The number of ether oxygens (including phenoxy) is 1. The minimum Gasteiger partial charge on any atom is -0.503 e. The Morgan fingerprint density at radius 3 is 2.50 bits per heavy atom. The number of nitrogens with zero attached hydrogens (tertiary/aromatic N) is 1. The number of Topliss-reactive ketones (excluding diaryl/α,β-unsaturated/α-hetero) is 1. The number of ketones is 1. The Bertz CT molecular complexity index is 1160. The lowest BCUT2D eigenvalue weighted by molar-refractivity contribution is -0.117. The van der Waals surface area contributed by atoms with Crippen LogP contribution >= 0.6 is 22.9 Å². The molecule has 2 heterocycles. The number of thiophene rings is 1. The zero-order valence-corrected chi connectivity index (χ0v) is 17.3. The quantitative estimate of drug-likeness (QED) is 0.550. The molecule has 1 aliphatic heterocycles. The minimum absolute atomic E-state index is 0.000812. The number of phenolic OH excluding ortho intramolecular Hbond substituents is 1. The SMILES string of the molecule is COc1cc(C2C(C(=O)c3cccs3)=C(O)C(=O)N2c2ccccc2)cc(Cl)c1O. The molecule has 0 aliphatic carbocycles. The van der Waals surface area contributed by atoms with Crippen molar-refractivity contribution in [1.29, 1.82) is 0 Å². The van der Waals surface area contributed by atoms with Crippen molar-refractivity contribution in [1.82, 2.24) is 0 Å². The molecule has 0 spiro atoms. The van der Waals surface area contributed by atoms with Gasteiger partial charge in [0.05, 0.1) is 28.6 Å². The first kappa shape index (κ1) is 20.0. The van der Waals surface area contributed by atoms with Crippen LogP contribution in [0.25, 0.3) is 0 Å². The number of hydrogen-bond acceptors (Lipinski definition) is 6. The molecule has 152 valence electrons. The van der Waals surface area contributed by atoms with E-state index in [2.05, 4.69) is 0 Å². The first-order chi connectivity index (χ1) is 14.4. The van der Waals surface area contributed by atoms with Gasteiger partial charge in [-0.05, 0) is 41.3 Å². The molecule has 0 fully saturated rings. The molecule has 1 aliphatic rings. The molecule has 1 aromatic heterocycles. The second-order valence-corrected chi connectivity index (χ2v) is 7.89. The van der Waals surface area contributed by atoms with Crippen molar-refractivity contribution in [3.05, 3.63) is 86.8 Å². The van der Waals surface area contributed by atoms with Crippen molar-refractivity contribution in [2.45, 2.75) is 6.04 Å². The van der Waals surface area contributed by atoms with Crippen molar-refractivity contribution in [2.75, 3.05) is 12.0 Å². The van der Waals surface area contributed by atoms with Crippen LogP contribution in [-0.2, 0) is 4.79 Å². The Labute approximate surface area is 181 Å². The van der Waals surface area contributed by atoms with Crippen LogP contribution in [0, 0.1) is 0 Å². The highest BCUT2D eigenvalue weighted by Crippen LogP contribution is 2.45. The maximum Gasteiger partial charge on any atom is 0.294 e. The van der Waals surface area contributed by atoms with Gasteiger partial charge >= 0.3 is 0 Å². The summed E-state index contributed by atoms with van der Waals surface area (Å²) in [5, 5.41) is 22.6. The number of carbonyl (C=O) groups is 2. The van der Waals surface area contributed by atoms with Gasteiger partial charge < -0.3 is 14.9 Å². The lowest BCUT2D eigenvalue weighted by Crippen LogP contribution is -2.31. The van der Waals surface area contributed by atoms with E-state index in [1.54, 1.807) is 47.8 Å². The number of halogens is 1. The fourth-order valence-electron chi connectivity index (χ4n) is 3.46. The Morgan fingerprint density at radius 1 is 1.13 bits per heavy atom. The summed E-state index contributed by atoms with van der Waals surface area (Å²) in [6, 6.07) is 14.0. The molecule has 4 rings (SSSR count). The fourth-order valence-corrected chi connectivity index (χ4v) is 4.35. The summed E-state index contributed by atoms with van der Waals surface area (Å²) in [6.07, 6.45) is 0. The molecule has 30 heavy (non-hydrogen) atoms. The lowest BCUT2D eigenvalue weighted by atomic mass is 9.94. The Morgan fingerprint density at radius 2 is 1.87 bits per heavy atom. The third kappa shape index (κ3) is 3.22. The van der Waals surface area contributed by atoms with E-state index in [0.717, 1.165) is 0 Å². The lowest BCUT2D eigenvalue weighted by Gasteiger charge is -2.27. The smallest absolute Gasteiger partial charge is 0.294 e. The zero-order valence-electron chi connectivity index (χ0n) is 15.7. The molecule has 0 saturated carbocycles. The standard InChI is InChI=1S/C22H16ClNO5S/c1-29-15-11-12(10-14(23)19(15)25)18-17(20(26)16-8-5-9-30-16)21(27)22(28)24(18)13-6-3-2-4-7-13/h2-11,18,25,27H,1H3. The van der Waals surface area contributed by atoms with Crippen LogP contribution in [0.4, 0.5) is 5.69 Å². The molecule has 3 aromatic rings. The van der Waals surface area contributed by atoms with Gasteiger partial charge in [-0.3, -0.25) is 14.5 Å². The van der Waals surface area contributed by atoms with Crippen LogP contribution in [0.5, 0.6) is 11.5 Å². The number of anilines is 1. The highest BCUT2D eigenvalue weighted by atomic mass is 35.5. The van der Waals surface area contributed by atoms with Crippen LogP contribution in [0.1, 0.15) is 21.3 Å². The van der Waals surface area contributed by atoms with Gasteiger partial charge in [0.1, 0.15) is 0 Å². The first-order valence-electron chi connectivity index (χ1n) is 8.90. The van der Waals surface area contributed by atoms with Gasteiger partial charge in [-0.25, -0.2) is 0 Å². The third-order valence-electron chi connectivity index (χ3n) is 4.82. The zero-order chi connectivity index (χ0) is 21.4. The highest BCUT2D eigenvalue weighted by molar-refractivity contribution is 7.12. The van der Waals surface area contributed by atoms with Crippen molar-refractivity contribution in [3.63, 3.8) is 0 Å². The van der Waals surface area contributed by atoms with E-state index in [1.165, 1.54) is 35.5 Å². The van der Waals surface area contributed by atoms with Gasteiger partial charge in [0.25, 0.3) is 5.91 Å². The molecule has 0 radical (unpaired) electrons. The van der Waals surface area contributed by atoms with Crippen molar-refractivity contribution >= 4 is 40.3 Å². The molecule has 2 aromatic carbocycles. The number of aromatic hydroxyl groups is 1. The Hall–Kier alpha value is -3.29. The number of carbonyl (C=O) groups excluding carboxylic acids is 2. The number of aliphatic hydroxyl groups is 1. The maximum absolute atomic E-state index is 13.2. The number of methoxy groups -OCH3 is 1. The molecular formula is C22H16ClNO5S. The van der Waals surface area contributed by atoms with Crippen molar-refractivity contribution in [2.24, 2.45) is 0 Å². The second kappa shape index (κ2) is 7.85. The van der Waals surface area contributed by atoms with E-state index >= 15 is 0 Å². The Balaban J connectivity index is 1.94. The van der Waals surface area contributed by atoms with Gasteiger partial charge in [-0.1, -0.05) is 35.9 Å². The van der Waals surface area contributed by atoms with Gasteiger partial charge in [-0.15, -0.1) is 11.3 Å². The summed E-state index contributed by atoms with van der Waals surface area (Å²) in [6.45, 7) is 0. The molecule has 1 atom stereocenters. The van der Waals surface area contributed by atoms with Crippen molar-refractivity contribution < 1.29 is 24.5 Å². The maximum atomic E-state index is 13.2. The van der Waals surface area contributed by atoms with Gasteiger partial charge in [-0.2, -0.15) is 0 Å². The summed E-state index contributed by atoms with van der Waals surface area (Å²) in [7, 11) is 1.37. The molecule has 1 amide bonds. The number of rotatable bonds is 5. The number of benzene rings is 2. The van der Waals surface area contributed by atoms with Crippen LogP contribution < -0.4 is 9.64 Å². The molecule has 6 nitrogen and oxygen atoms in total. The topological polar surface area (TPSA) is 87.1 Å². The number of para-hydroxylation sites is 1. The number of aliphatic hydroxyl groups excluding tert-OH is 1. The normalized spacial score (nSPS) is 16.3. The van der Waals surface area contributed by atoms with Crippen molar-refractivity contribution in [3.8, 4) is 11.5 Å². The molecule has 8 heteroatoms. The van der Waals surface area contributed by atoms with E-state index in [-0.39, 0.29) is 22.1 Å². The first-order valence-corrected chi connectivity index (χ1v) is 10.2. The number of amides is 1. The van der Waals surface area contributed by atoms with Crippen LogP contribution in [0.2, 0.25) is 5.02 Å². The summed E-state index contributed by atoms with van der Waals surface area (Å²) >= 11 is 7.39. The van der Waals surface area contributed by atoms with E-state index in [9.17, 15) is 19.8 Å². The summed E-state index contributed by atoms with van der Waals surface area (Å²) in [5.41, 5.74) is 0.849. The van der Waals surface area contributed by atoms with E-state index in [4.69, 9.17) is 16.3 Å². The second-order valence-electron chi connectivity index (χ2n) is 6.54. The highest BCUT2D eigenvalue weighted by Gasteiger charge is 2.45. The molecule has 2 N–H and O–H groups in total. The van der Waals surface area contributed by atoms with E-state index in [1.807, 2.05) is 0 Å². The average molecular weight is 442 g/mol. The van der Waals surface area contributed by atoms with Gasteiger partial charge in [0, 0.05) is 5.69 Å². The molecule has 1 unspecified atom stereocenters. The molecular weight excluding hydrogens is 426 g/mol. The third-order valence-corrected chi connectivity index (χ3v) is 5.98. The monoisotopic (exact) mass is 441 g/mol. The predicted octanol–water partition coefficient (Wildman–Crippen LogP) is 4.90. The average Bonchev–Trinajstić information content (AvgIpc) is 3.38. The molecule has 0 bridgehead atoms. The van der Waals surface area contributed by atoms with E-state index in [0.29, 0.717) is 16.1 Å². The van der Waals surface area contributed by atoms with Gasteiger partial charge in [0.2, 0.25) is 5.78 Å². The largest absolute Gasteiger partial charge is 0.503 e. The van der Waals surface area contributed by atoms with Gasteiger partial charge in [0.15, 0.2) is 17.3 Å². The minimum atomic E-state index is -0.957. The molecule has 0 saturated heterocycles. The predicted molar refractivity (Wildman–Crippen MR) is 115 cm³/mol. The fraction of sp³-hybridized carbons (Fsp3) is 0.0909. The summed E-state index contributed by atoms with van der Waals surface area (Å²) < 4.78 is 5.19. The van der Waals surface area contributed by atoms with E-state index < -0.39 is 23.5 Å². The van der Waals surface area contributed by atoms with Crippen LogP contribution in [-0.4, -0.2) is 29.0 Å². The summed E-state index contributed by atoms with van der Waals surface area (Å²) in [5.74, 6) is -1.94. The van der Waals surface area contributed by atoms with Crippen LogP contribution in [0.3, 0.4) is 0 Å². The number of hydrogen-bond donors (Lipinski definition) is 2. The summed E-state index contributed by atoms with van der Waals surface area (Å²) in [4.78, 5) is 28.0. The van der Waals surface area contributed by atoms with Crippen LogP contribution in [0.15, 0.2) is 71.3 Å².